The molecule has 0 amide bonds. The predicted octanol–water partition coefficient (Wildman–Crippen LogP) is 1.25. The van der Waals surface area contributed by atoms with Crippen molar-refractivity contribution in [1.29, 1.82) is 0 Å². The Morgan fingerprint density at radius 2 is 1.94 bits per heavy atom. The van der Waals surface area contributed by atoms with E-state index in [4.69, 9.17) is 9.84 Å². The first kappa shape index (κ1) is 11.0. The van der Waals surface area contributed by atoms with Crippen LogP contribution in [0.4, 0.5) is 0 Å². The number of nitrogens with zero attached hydrogens (tertiary/aromatic N) is 3. The van der Waals surface area contributed by atoms with Crippen molar-refractivity contribution in [3.05, 3.63) is 36.3 Å². The zero-order valence-corrected chi connectivity index (χ0v) is 8.99. The van der Waals surface area contributed by atoms with Crippen molar-refractivity contribution in [2.45, 2.75) is 0 Å². The molecule has 1 heterocycles. The van der Waals surface area contributed by atoms with Gasteiger partial charge in [-0.05, 0) is 24.3 Å². The van der Waals surface area contributed by atoms with Crippen molar-refractivity contribution in [3.8, 4) is 17.0 Å². The summed E-state index contributed by atoms with van der Waals surface area (Å²) in [6.07, 6.45) is 1.37. The molecule has 0 spiro atoms. The number of hydrogen-bond donors (Lipinski definition) is 1. The summed E-state index contributed by atoms with van der Waals surface area (Å²) in [6, 6.07) is 7.15. The minimum Gasteiger partial charge on any atom is -0.497 e. The highest BCUT2D eigenvalue weighted by Gasteiger charge is 2.08. The molecule has 1 N–H and O–H groups in total. The van der Waals surface area contributed by atoms with E-state index in [9.17, 15) is 4.79 Å². The second-order valence-electron chi connectivity index (χ2n) is 3.20. The lowest BCUT2D eigenvalue weighted by atomic mass is 10.1. The normalized spacial score (nSPS) is 9.94. The van der Waals surface area contributed by atoms with E-state index in [2.05, 4.69) is 15.2 Å². The van der Waals surface area contributed by atoms with Crippen molar-refractivity contribution in [2.75, 3.05) is 7.11 Å². The van der Waals surface area contributed by atoms with E-state index in [1.54, 1.807) is 31.4 Å². The molecular weight excluding hydrogens is 222 g/mol. The van der Waals surface area contributed by atoms with Gasteiger partial charge in [0.2, 0.25) is 0 Å². The maximum absolute atomic E-state index is 10.6. The fraction of sp³-hybridized carbons (Fsp3) is 0.0909. The topological polar surface area (TPSA) is 85.2 Å². The minimum absolute atomic E-state index is 0.317. The summed E-state index contributed by atoms with van der Waals surface area (Å²) in [5.74, 6) is -0.780. The van der Waals surface area contributed by atoms with Crippen LogP contribution < -0.4 is 4.74 Å². The number of hydrogen-bond acceptors (Lipinski definition) is 5. The van der Waals surface area contributed by atoms with Crippen molar-refractivity contribution in [3.63, 3.8) is 0 Å². The molecule has 0 fully saturated rings. The van der Waals surface area contributed by atoms with Crippen molar-refractivity contribution >= 4 is 5.97 Å². The summed E-state index contributed by atoms with van der Waals surface area (Å²) in [7, 11) is 1.58. The van der Waals surface area contributed by atoms with E-state index in [1.807, 2.05) is 0 Å². The molecule has 0 aliphatic rings. The molecule has 0 bridgehead atoms. The van der Waals surface area contributed by atoms with Gasteiger partial charge >= 0.3 is 5.97 Å². The van der Waals surface area contributed by atoms with Gasteiger partial charge in [-0.25, -0.2) is 9.78 Å². The van der Waals surface area contributed by atoms with Crippen molar-refractivity contribution in [1.82, 2.24) is 15.2 Å². The van der Waals surface area contributed by atoms with Gasteiger partial charge in [-0.2, -0.15) is 0 Å². The first-order valence-corrected chi connectivity index (χ1v) is 4.78. The molecule has 0 aliphatic heterocycles. The highest BCUT2D eigenvalue weighted by molar-refractivity contribution is 5.82. The van der Waals surface area contributed by atoms with E-state index in [-0.39, 0.29) is 5.82 Å². The maximum Gasteiger partial charge on any atom is 0.375 e. The molecule has 0 radical (unpaired) electrons. The molecule has 2 rings (SSSR count). The Hall–Kier alpha value is -2.50. The van der Waals surface area contributed by atoms with Crippen LogP contribution >= 0.6 is 0 Å². The quantitative estimate of drug-likeness (QED) is 0.855. The Labute approximate surface area is 96.9 Å². The largest absolute Gasteiger partial charge is 0.497 e. The molecule has 2 aromatic rings. The van der Waals surface area contributed by atoms with Gasteiger partial charge < -0.3 is 9.84 Å². The number of carbonyl (C=O) groups is 1. The first-order valence-electron chi connectivity index (χ1n) is 4.78. The minimum atomic E-state index is -1.20. The van der Waals surface area contributed by atoms with Gasteiger partial charge in [0.25, 0.3) is 5.82 Å². The molecule has 0 saturated heterocycles. The molecule has 0 unspecified atom stereocenters. The van der Waals surface area contributed by atoms with Crippen LogP contribution in [0.5, 0.6) is 5.75 Å². The number of carboxylic acid groups (broad SMARTS) is 1. The van der Waals surface area contributed by atoms with Gasteiger partial charge in [-0.1, -0.05) is 0 Å². The average molecular weight is 231 g/mol. The van der Waals surface area contributed by atoms with Crippen LogP contribution in [0.15, 0.2) is 30.5 Å². The number of benzene rings is 1. The van der Waals surface area contributed by atoms with Crippen LogP contribution in [0.25, 0.3) is 11.3 Å². The lowest BCUT2D eigenvalue weighted by Gasteiger charge is -2.02. The standard InChI is InChI=1S/C11H9N3O3/c1-17-8-4-2-7(3-5-8)9-6-12-10(11(15)16)14-13-9/h2-6H,1H3,(H,15,16). The predicted molar refractivity (Wildman–Crippen MR) is 58.8 cm³/mol. The van der Waals surface area contributed by atoms with Gasteiger partial charge in [-0.15, -0.1) is 10.2 Å². The van der Waals surface area contributed by atoms with E-state index in [1.165, 1.54) is 6.20 Å². The summed E-state index contributed by atoms with van der Waals surface area (Å²) in [5, 5.41) is 15.9. The van der Waals surface area contributed by atoms with Gasteiger partial charge in [0, 0.05) is 5.56 Å². The van der Waals surface area contributed by atoms with Crippen LogP contribution in [0, 0.1) is 0 Å². The molecule has 0 aliphatic carbocycles. The molecule has 0 atom stereocenters. The molecular formula is C11H9N3O3. The zero-order valence-electron chi connectivity index (χ0n) is 8.99. The van der Waals surface area contributed by atoms with Crippen molar-refractivity contribution < 1.29 is 14.6 Å². The van der Waals surface area contributed by atoms with Crippen LogP contribution in [0.1, 0.15) is 10.6 Å². The van der Waals surface area contributed by atoms with Gasteiger partial charge in [-0.3, -0.25) is 0 Å². The number of rotatable bonds is 3. The number of methoxy groups -OCH3 is 1. The van der Waals surface area contributed by atoms with Crippen molar-refractivity contribution in [2.24, 2.45) is 0 Å². The smallest absolute Gasteiger partial charge is 0.375 e. The van der Waals surface area contributed by atoms with Crippen LogP contribution in [-0.2, 0) is 0 Å². The van der Waals surface area contributed by atoms with Gasteiger partial charge in [0.15, 0.2) is 0 Å². The molecule has 1 aromatic carbocycles. The van der Waals surface area contributed by atoms with E-state index >= 15 is 0 Å². The fourth-order valence-electron chi connectivity index (χ4n) is 1.27. The highest BCUT2D eigenvalue weighted by Crippen LogP contribution is 2.19. The lowest BCUT2D eigenvalue weighted by Crippen LogP contribution is -2.05. The SMILES string of the molecule is COc1ccc(-c2cnc(C(=O)O)nn2)cc1. The number of aromatic carboxylic acids is 1. The summed E-state index contributed by atoms with van der Waals surface area (Å²) in [6.45, 7) is 0. The zero-order chi connectivity index (χ0) is 12.3. The molecule has 86 valence electrons. The number of aromatic nitrogens is 3. The lowest BCUT2D eigenvalue weighted by molar-refractivity contribution is 0.0682. The monoisotopic (exact) mass is 231 g/mol. The maximum atomic E-state index is 10.6. The molecule has 6 heteroatoms. The summed E-state index contributed by atoms with van der Waals surface area (Å²) in [4.78, 5) is 14.2. The Morgan fingerprint density at radius 3 is 2.41 bits per heavy atom. The van der Waals surface area contributed by atoms with Gasteiger partial charge in [0.05, 0.1) is 13.3 Å². The highest BCUT2D eigenvalue weighted by atomic mass is 16.5. The fourth-order valence-corrected chi connectivity index (χ4v) is 1.27. The third kappa shape index (κ3) is 2.36. The Balaban J connectivity index is 2.29. The van der Waals surface area contributed by atoms with E-state index in [0.29, 0.717) is 5.69 Å². The first-order chi connectivity index (χ1) is 8.20. The third-order valence-electron chi connectivity index (χ3n) is 2.14. The van der Waals surface area contributed by atoms with Crippen LogP contribution in [-0.4, -0.2) is 33.4 Å². The summed E-state index contributed by atoms with van der Waals surface area (Å²) in [5.41, 5.74) is 1.31. The molecule has 17 heavy (non-hydrogen) atoms. The van der Waals surface area contributed by atoms with Crippen LogP contribution in [0.3, 0.4) is 0 Å². The Bertz CT molecular complexity index is 523. The average Bonchev–Trinajstić information content (AvgIpc) is 2.39. The Morgan fingerprint density at radius 1 is 1.24 bits per heavy atom. The second-order valence-corrected chi connectivity index (χ2v) is 3.20. The number of ether oxygens (including phenoxy) is 1. The summed E-state index contributed by atoms with van der Waals surface area (Å²) < 4.78 is 5.03. The van der Waals surface area contributed by atoms with Crippen LogP contribution in [0.2, 0.25) is 0 Å². The van der Waals surface area contributed by atoms with Gasteiger partial charge in [0.1, 0.15) is 11.4 Å². The third-order valence-corrected chi connectivity index (χ3v) is 2.14. The van der Waals surface area contributed by atoms with E-state index in [0.717, 1.165) is 11.3 Å². The number of carboxylic acids is 1. The molecule has 6 nitrogen and oxygen atoms in total. The van der Waals surface area contributed by atoms with E-state index < -0.39 is 5.97 Å². The second kappa shape index (κ2) is 4.56. The Kier molecular flexibility index (Phi) is 2.95. The summed E-state index contributed by atoms with van der Waals surface area (Å²) >= 11 is 0. The molecule has 1 aromatic heterocycles. The molecule has 0 saturated carbocycles.